The van der Waals surface area contributed by atoms with Gasteiger partial charge >= 0.3 is 0 Å². The highest BCUT2D eigenvalue weighted by molar-refractivity contribution is 4.93. The molecule has 0 spiro atoms. The lowest BCUT2D eigenvalue weighted by Crippen LogP contribution is -1.98. The minimum absolute atomic E-state index is 0.456. The summed E-state index contributed by atoms with van der Waals surface area (Å²) in [6.45, 7) is 0.456. The van der Waals surface area contributed by atoms with Gasteiger partial charge in [0.05, 0.1) is 6.54 Å². The van der Waals surface area contributed by atoms with Crippen LogP contribution < -0.4 is 5.73 Å². The zero-order valence-corrected chi connectivity index (χ0v) is 6.38. The summed E-state index contributed by atoms with van der Waals surface area (Å²) in [6.07, 6.45) is 3.70. The van der Waals surface area contributed by atoms with Gasteiger partial charge in [-0.1, -0.05) is 0 Å². The molecule has 1 aliphatic carbocycles. The number of nitrogens with one attached hydrogen (secondary N) is 1. The number of rotatable bonds is 3. The van der Waals surface area contributed by atoms with E-state index in [0.29, 0.717) is 6.54 Å². The molecule has 11 heavy (non-hydrogen) atoms. The molecule has 4 heteroatoms. The van der Waals surface area contributed by atoms with E-state index in [2.05, 4.69) is 15.2 Å². The van der Waals surface area contributed by atoms with Gasteiger partial charge in [-0.3, -0.25) is 5.10 Å². The van der Waals surface area contributed by atoms with Crippen LogP contribution in [0.15, 0.2) is 0 Å². The lowest BCUT2D eigenvalue weighted by atomic mass is 10.3. The van der Waals surface area contributed by atoms with Crippen molar-refractivity contribution in [1.29, 1.82) is 0 Å². The first-order valence-electron chi connectivity index (χ1n) is 3.98. The van der Waals surface area contributed by atoms with E-state index in [4.69, 9.17) is 5.73 Å². The Labute approximate surface area is 65.2 Å². The van der Waals surface area contributed by atoms with Crippen molar-refractivity contribution in [2.45, 2.75) is 25.8 Å². The van der Waals surface area contributed by atoms with Crippen molar-refractivity contribution in [1.82, 2.24) is 15.2 Å². The minimum Gasteiger partial charge on any atom is -0.324 e. The van der Waals surface area contributed by atoms with E-state index in [1.54, 1.807) is 0 Å². The van der Waals surface area contributed by atoms with Gasteiger partial charge in [-0.25, -0.2) is 4.98 Å². The van der Waals surface area contributed by atoms with Crippen LogP contribution in [0, 0.1) is 5.92 Å². The Morgan fingerprint density at radius 2 is 2.36 bits per heavy atom. The average Bonchev–Trinajstić information content (AvgIpc) is 2.68. The highest BCUT2D eigenvalue weighted by atomic mass is 15.2. The number of nitrogens with two attached hydrogens (primary N) is 1. The van der Waals surface area contributed by atoms with Crippen LogP contribution in [-0.2, 0) is 13.0 Å². The smallest absolute Gasteiger partial charge is 0.151 e. The molecule has 0 atom stereocenters. The largest absolute Gasteiger partial charge is 0.324 e. The van der Waals surface area contributed by atoms with Crippen molar-refractivity contribution >= 4 is 0 Å². The molecule has 1 aliphatic rings. The number of hydrogen-bond acceptors (Lipinski definition) is 3. The van der Waals surface area contributed by atoms with Gasteiger partial charge in [0, 0.05) is 6.42 Å². The lowest BCUT2D eigenvalue weighted by Gasteiger charge is -1.86. The number of aromatic nitrogens is 3. The summed E-state index contributed by atoms with van der Waals surface area (Å²) < 4.78 is 0. The summed E-state index contributed by atoms with van der Waals surface area (Å²) in [5.41, 5.74) is 5.38. The molecular formula is C7H12N4. The molecule has 1 aromatic rings. The summed E-state index contributed by atoms with van der Waals surface area (Å²) in [6, 6.07) is 0. The molecule has 0 saturated heterocycles. The molecule has 1 heterocycles. The van der Waals surface area contributed by atoms with E-state index in [1.165, 1.54) is 12.8 Å². The van der Waals surface area contributed by atoms with Crippen LogP contribution in [0.5, 0.6) is 0 Å². The first-order valence-corrected chi connectivity index (χ1v) is 3.98. The van der Waals surface area contributed by atoms with E-state index < -0.39 is 0 Å². The lowest BCUT2D eigenvalue weighted by molar-refractivity contribution is 0.774. The standard InChI is InChI=1S/C7H12N4/c8-4-7-9-6(10-11-7)3-5-1-2-5/h5H,1-4,8H2,(H,9,10,11). The molecule has 0 aromatic carbocycles. The summed E-state index contributed by atoms with van der Waals surface area (Å²) in [4.78, 5) is 4.22. The van der Waals surface area contributed by atoms with Gasteiger partial charge < -0.3 is 5.73 Å². The van der Waals surface area contributed by atoms with Crippen LogP contribution >= 0.6 is 0 Å². The summed E-state index contributed by atoms with van der Waals surface area (Å²) >= 11 is 0. The fraction of sp³-hybridized carbons (Fsp3) is 0.714. The second kappa shape index (κ2) is 2.62. The van der Waals surface area contributed by atoms with E-state index in [1.807, 2.05) is 0 Å². The monoisotopic (exact) mass is 152 g/mol. The summed E-state index contributed by atoms with van der Waals surface area (Å²) in [7, 11) is 0. The maximum atomic E-state index is 5.38. The van der Waals surface area contributed by atoms with Gasteiger partial charge in [-0.2, -0.15) is 5.10 Å². The molecule has 0 aliphatic heterocycles. The second-order valence-electron chi connectivity index (χ2n) is 3.05. The quantitative estimate of drug-likeness (QED) is 0.650. The van der Waals surface area contributed by atoms with Crippen LogP contribution in [0.3, 0.4) is 0 Å². The topological polar surface area (TPSA) is 67.6 Å². The van der Waals surface area contributed by atoms with Crippen molar-refractivity contribution in [2.24, 2.45) is 11.7 Å². The molecule has 1 aromatic heterocycles. The molecule has 0 unspecified atom stereocenters. The predicted octanol–water partition coefficient (Wildman–Crippen LogP) is 0.216. The molecule has 1 saturated carbocycles. The van der Waals surface area contributed by atoms with Gasteiger partial charge in [-0.15, -0.1) is 0 Å². The van der Waals surface area contributed by atoms with E-state index in [9.17, 15) is 0 Å². The molecule has 0 amide bonds. The van der Waals surface area contributed by atoms with Gasteiger partial charge in [0.1, 0.15) is 5.82 Å². The fourth-order valence-corrected chi connectivity index (χ4v) is 1.10. The van der Waals surface area contributed by atoms with E-state index in [0.717, 1.165) is 24.0 Å². The third kappa shape index (κ3) is 1.57. The van der Waals surface area contributed by atoms with Crippen LogP contribution in [0.2, 0.25) is 0 Å². The molecular weight excluding hydrogens is 140 g/mol. The zero-order chi connectivity index (χ0) is 7.68. The van der Waals surface area contributed by atoms with Gasteiger partial charge in [0.25, 0.3) is 0 Å². The Kier molecular flexibility index (Phi) is 1.62. The van der Waals surface area contributed by atoms with Gasteiger partial charge in [-0.05, 0) is 18.8 Å². The van der Waals surface area contributed by atoms with Crippen LogP contribution in [0.1, 0.15) is 24.5 Å². The van der Waals surface area contributed by atoms with Crippen molar-refractivity contribution < 1.29 is 0 Å². The Bertz CT molecular complexity index is 238. The van der Waals surface area contributed by atoms with E-state index >= 15 is 0 Å². The van der Waals surface area contributed by atoms with Crippen LogP contribution in [0.25, 0.3) is 0 Å². The predicted molar refractivity (Wildman–Crippen MR) is 40.7 cm³/mol. The van der Waals surface area contributed by atoms with Crippen LogP contribution in [0.4, 0.5) is 0 Å². The van der Waals surface area contributed by atoms with Gasteiger partial charge in [0.2, 0.25) is 0 Å². The summed E-state index contributed by atoms with van der Waals surface area (Å²) in [5, 5.41) is 6.85. The molecule has 4 nitrogen and oxygen atoms in total. The molecule has 0 radical (unpaired) electrons. The third-order valence-electron chi connectivity index (χ3n) is 1.94. The average molecular weight is 152 g/mol. The molecule has 60 valence electrons. The van der Waals surface area contributed by atoms with E-state index in [-0.39, 0.29) is 0 Å². The SMILES string of the molecule is NCc1nc(CC2CC2)n[nH]1. The number of hydrogen-bond donors (Lipinski definition) is 2. The molecule has 0 bridgehead atoms. The normalized spacial score (nSPS) is 17.2. The fourth-order valence-electron chi connectivity index (χ4n) is 1.10. The maximum Gasteiger partial charge on any atom is 0.151 e. The van der Waals surface area contributed by atoms with Crippen molar-refractivity contribution in [3.05, 3.63) is 11.6 Å². The number of H-pyrrole nitrogens is 1. The Balaban J connectivity index is 1.99. The first kappa shape index (κ1) is 6.79. The molecule has 1 fully saturated rings. The molecule has 3 N–H and O–H groups in total. The highest BCUT2D eigenvalue weighted by Gasteiger charge is 2.23. The maximum absolute atomic E-state index is 5.38. The molecule has 2 rings (SSSR count). The Hall–Kier alpha value is -0.900. The van der Waals surface area contributed by atoms with Crippen molar-refractivity contribution in [2.75, 3.05) is 0 Å². The zero-order valence-electron chi connectivity index (χ0n) is 6.38. The Morgan fingerprint density at radius 3 is 2.91 bits per heavy atom. The van der Waals surface area contributed by atoms with Crippen LogP contribution in [-0.4, -0.2) is 15.2 Å². The van der Waals surface area contributed by atoms with Crippen molar-refractivity contribution in [3.8, 4) is 0 Å². The Morgan fingerprint density at radius 1 is 1.55 bits per heavy atom. The highest BCUT2D eigenvalue weighted by Crippen LogP contribution is 2.31. The third-order valence-corrected chi connectivity index (χ3v) is 1.94. The van der Waals surface area contributed by atoms with Crippen molar-refractivity contribution in [3.63, 3.8) is 0 Å². The minimum atomic E-state index is 0.456. The second-order valence-corrected chi connectivity index (χ2v) is 3.05. The van der Waals surface area contributed by atoms with Gasteiger partial charge in [0.15, 0.2) is 5.82 Å². The number of nitrogens with zero attached hydrogens (tertiary/aromatic N) is 2. The number of aromatic amines is 1. The first-order chi connectivity index (χ1) is 5.38. The summed E-state index contributed by atoms with van der Waals surface area (Å²) in [5.74, 6) is 2.56.